The maximum atomic E-state index is 11.5. The molecular formula is C9H13N3O. The number of primary amides is 1. The van der Waals surface area contributed by atoms with Gasteiger partial charge in [-0.25, -0.2) is 0 Å². The molecule has 1 saturated heterocycles. The van der Waals surface area contributed by atoms with E-state index in [0.29, 0.717) is 11.8 Å². The molecule has 4 heteroatoms. The fourth-order valence-electron chi connectivity index (χ4n) is 3.15. The maximum Gasteiger partial charge on any atom is 0.247 e. The third-order valence-electron chi connectivity index (χ3n) is 3.78. The van der Waals surface area contributed by atoms with Crippen LogP contribution >= 0.6 is 0 Å². The Kier molecular flexibility index (Phi) is 1.22. The van der Waals surface area contributed by atoms with E-state index < -0.39 is 5.54 Å². The number of nitrogens with one attached hydrogen (secondary N) is 1. The number of nitrogens with zero attached hydrogens (tertiary/aromatic N) is 1. The molecule has 13 heavy (non-hydrogen) atoms. The molecule has 2 fully saturated rings. The Morgan fingerprint density at radius 3 is 3.08 bits per heavy atom. The van der Waals surface area contributed by atoms with Gasteiger partial charge in [-0.1, -0.05) is 0 Å². The minimum Gasteiger partial charge on any atom is -0.367 e. The molecule has 1 aliphatic carbocycles. The average molecular weight is 179 g/mol. The Morgan fingerprint density at radius 2 is 2.46 bits per heavy atom. The van der Waals surface area contributed by atoms with Gasteiger partial charge in [0.15, 0.2) is 5.54 Å². The summed E-state index contributed by atoms with van der Waals surface area (Å²) in [5.74, 6) is 0.673. The quantitative estimate of drug-likeness (QED) is 0.558. The highest BCUT2D eigenvalue weighted by Crippen LogP contribution is 2.46. The van der Waals surface area contributed by atoms with Crippen molar-refractivity contribution in [1.29, 1.82) is 0 Å². The van der Waals surface area contributed by atoms with E-state index in [2.05, 4.69) is 10.3 Å². The number of nitrogens with two attached hydrogens (primary N) is 1. The first-order chi connectivity index (χ1) is 6.23. The van der Waals surface area contributed by atoms with Crippen LogP contribution < -0.4 is 11.1 Å². The molecule has 4 nitrogen and oxygen atoms in total. The molecule has 4 bridgehead atoms. The van der Waals surface area contributed by atoms with E-state index in [-0.39, 0.29) is 11.9 Å². The molecule has 0 aromatic rings. The van der Waals surface area contributed by atoms with Crippen LogP contribution in [0, 0.1) is 11.8 Å². The Balaban J connectivity index is 2.14. The number of hydrogen-bond donors (Lipinski definition) is 2. The standard InChI is InChI=1S/C9H13N3O/c10-8(13)9-6-1-5(3-12-9)2-7(9)11-4-6/h3,5-7,11H,1-2,4H2,(H2,10,13). The SMILES string of the molecule is NC(=O)C12N=CC3CC1CNC2C3. The summed E-state index contributed by atoms with van der Waals surface area (Å²) in [4.78, 5) is 15.9. The molecule has 4 unspecified atom stereocenters. The van der Waals surface area contributed by atoms with Gasteiger partial charge >= 0.3 is 0 Å². The maximum absolute atomic E-state index is 11.5. The first-order valence-corrected chi connectivity index (χ1v) is 4.82. The van der Waals surface area contributed by atoms with Crippen LogP contribution in [0.4, 0.5) is 0 Å². The number of carbonyl (C=O) groups excluding carboxylic acids is 1. The molecule has 3 N–H and O–H groups in total. The number of carbonyl (C=O) groups is 1. The van der Waals surface area contributed by atoms with Crippen LogP contribution in [-0.4, -0.2) is 30.2 Å². The highest BCUT2D eigenvalue weighted by molar-refractivity contribution is 5.90. The molecule has 4 rings (SSSR count). The van der Waals surface area contributed by atoms with Crippen LogP contribution in [0.3, 0.4) is 0 Å². The second-order valence-electron chi connectivity index (χ2n) is 4.36. The Hall–Kier alpha value is -0.900. The van der Waals surface area contributed by atoms with Gasteiger partial charge < -0.3 is 11.1 Å². The van der Waals surface area contributed by atoms with Crippen LogP contribution in [0.5, 0.6) is 0 Å². The van der Waals surface area contributed by atoms with E-state index in [1.165, 1.54) is 0 Å². The predicted molar refractivity (Wildman–Crippen MR) is 48.4 cm³/mol. The van der Waals surface area contributed by atoms with E-state index in [0.717, 1.165) is 19.4 Å². The van der Waals surface area contributed by atoms with Gasteiger partial charge in [0.1, 0.15) is 0 Å². The van der Waals surface area contributed by atoms with Crippen molar-refractivity contribution in [2.24, 2.45) is 22.6 Å². The summed E-state index contributed by atoms with van der Waals surface area (Å²) in [7, 11) is 0. The van der Waals surface area contributed by atoms with Gasteiger partial charge in [-0.2, -0.15) is 0 Å². The molecule has 0 aromatic heterocycles. The van der Waals surface area contributed by atoms with Crippen LogP contribution in [0.1, 0.15) is 12.8 Å². The Morgan fingerprint density at radius 1 is 1.62 bits per heavy atom. The topological polar surface area (TPSA) is 67.5 Å². The molecule has 1 amide bonds. The van der Waals surface area contributed by atoms with Gasteiger partial charge in [-0.3, -0.25) is 9.79 Å². The largest absolute Gasteiger partial charge is 0.367 e. The van der Waals surface area contributed by atoms with Crippen LogP contribution in [0.15, 0.2) is 4.99 Å². The third kappa shape index (κ3) is 0.705. The van der Waals surface area contributed by atoms with Gasteiger partial charge in [0.05, 0.1) is 0 Å². The molecule has 0 spiro atoms. The van der Waals surface area contributed by atoms with Crippen LogP contribution in [-0.2, 0) is 4.79 Å². The first kappa shape index (κ1) is 7.50. The first-order valence-electron chi connectivity index (χ1n) is 4.82. The monoisotopic (exact) mass is 179 g/mol. The minimum absolute atomic E-state index is 0.207. The van der Waals surface area contributed by atoms with Crippen molar-refractivity contribution in [1.82, 2.24) is 5.32 Å². The molecule has 3 aliphatic heterocycles. The lowest BCUT2D eigenvalue weighted by molar-refractivity contribution is -0.126. The Labute approximate surface area is 76.6 Å². The third-order valence-corrected chi connectivity index (χ3v) is 3.78. The zero-order valence-electron chi connectivity index (χ0n) is 7.36. The summed E-state index contributed by atoms with van der Waals surface area (Å²) in [5.41, 5.74) is 4.88. The smallest absolute Gasteiger partial charge is 0.247 e. The van der Waals surface area contributed by atoms with Crippen molar-refractivity contribution in [3.8, 4) is 0 Å². The van der Waals surface area contributed by atoms with Crippen molar-refractivity contribution in [2.75, 3.05) is 6.54 Å². The van der Waals surface area contributed by atoms with E-state index >= 15 is 0 Å². The lowest BCUT2D eigenvalue weighted by atomic mass is 9.66. The molecular weight excluding hydrogens is 166 g/mol. The predicted octanol–water partition coefficient (Wildman–Crippen LogP) is -0.707. The lowest BCUT2D eigenvalue weighted by Gasteiger charge is -2.43. The minimum atomic E-state index is -0.589. The van der Waals surface area contributed by atoms with E-state index in [1.54, 1.807) is 0 Å². The Bertz CT molecular complexity index is 285. The summed E-state index contributed by atoms with van der Waals surface area (Å²) in [6.45, 7) is 0.904. The molecule has 4 atom stereocenters. The number of rotatable bonds is 1. The molecule has 0 aromatic carbocycles. The second-order valence-corrected chi connectivity index (χ2v) is 4.36. The molecule has 70 valence electrons. The van der Waals surface area contributed by atoms with E-state index in [9.17, 15) is 4.79 Å². The summed E-state index contributed by atoms with van der Waals surface area (Å²) in [6, 6.07) is 0.207. The zero-order chi connectivity index (χ0) is 9.05. The number of amides is 1. The van der Waals surface area contributed by atoms with Crippen LogP contribution in [0.2, 0.25) is 0 Å². The second kappa shape index (κ2) is 2.12. The molecule has 1 saturated carbocycles. The lowest BCUT2D eigenvalue weighted by Crippen LogP contribution is -2.60. The van der Waals surface area contributed by atoms with Gasteiger partial charge in [-0.15, -0.1) is 0 Å². The average Bonchev–Trinajstić information content (AvgIpc) is 2.38. The van der Waals surface area contributed by atoms with E-state index in [4.69, 9.17) is 5.73 Å². The summed E-state index contributed by atoms with van der Waals surface area (Å²) < 4.78 is 0. The fraction of sp³-hybridized carbons (Fsp3) is 0.778. The van der Waals surface area contributed by atoms with E-state index in [1.807, 2.05) is 6.21 Å². The molecule has 4 aliphatic rings. The van der Waals surface area contributed by atoms with Crippen molar-refractivity contribution in [3.05, 3.63) is 0 Å². The van der Waals surface area contributed by atoms with Gasteiger partial charge in [0.2, 0.25) is 5.91 Å². The summed E-state index contributed by atoms with van der Waals surface area (Å²) >= 11 is 0. The highest BCUT2D eigenvalue weighted by atomic mass is 16.1. The number of hydrogen-bond acceptors (Lipinski definition) is 3. The van der Waals surface area contributed by atoms with Crippen LogP contribution in [0.25, 0.3) is 0 Å². The van der Waals surface area contributed by atoms with Crippen molar-refractivity contribution in [3.63, 3.8) is 0 Å². The van der Waals surface area contributed by atoms with Gasteiger partial charge in [0.25, 0.3) is 0 Å². The van der Waals surface area contributed by atoms with Crippen molar-refractivity contribution in [2.45, 2.75) is 24.4 Å². The summed E-state index contributed by atoms with van der Waals surface area (Å²) in [5, 5.41) is 3.36. The normalized spacial score (nSPS) is 51.2. The van der Waals surface area contributed by atoms with Gasteiger partial charge in [-0.05, 0) is 18.8 Å². The number of aliphatic imine (C=N–C) groups is 1. The zero-order valence-corrected chi connectivity index (χ0v) is 7.36. The fourth-order valence-corrected chi connectivity index (χ4v) is 3.15. The molecule has 0 radical (unpaired) electrons. The highest BCUT2D eigenvalue weighted by Gasteiger charge is 2.60. The van der Waals surface area contributed by atoms with Crippen molar-refractivity contribution >= 4 is 12.1 Å². The van der Waals surface area contributed by atoms with Gasteiger partial charge in [0, 0.05) is 24.7 Å². The van der Waals surface area contributed by atoms with Crippen molar-refractivity contribution < 1.29 is 4.79 Å². The molecule has 3 heterocycles. The summed E-state index contributed by atoms with van der Waals surface area (Å²) in [6.07, 6.45) is 4.05.